The van der Waals surface area contributed by atoms with Gasteiger partial charge in [0.05, 0.1) is 29.7 Å². The van der Waals surface area contributed by atoms with E-state index in [0.717, 1.165) is 19.3 Å². The average molecular weight is 592 g/mol. The topological polar surface area (TPSA) is 73.7 Å². The molecule has 0 bridgehead atoms. The van der Waals surface area contributed by atoms with Crippen LogP contribution in [-0.4, -0.2) is 47.7 Å². The Morgan fingerprint density at radius 3 is 2.07 bits per heavy atom. The van der Waals surface area contributed by atoms with Gasteiger partial charge in [-0.05, 0) is 55.7 Å². The number of hydrogen-bond acceptors (Lipinski definition) is 5. The third-order valence-electron chi connectivity index (χ3n) is 8.26. The molecule has 1 aromatic heterocycles. The van der Waals surface area contributed by atoms with Crippen LogP contribution in [0.25, 0.3) is 16.6 Å². The van der Waals surface area contributed by atoms with Crippen molar-refractivity contribution < 1.29 is 14.3 Å². The minimum absolute atomic E-state index is 0.113. The van der Waals surface area contributed by atoms with Gasteiger partial charge in [-0.3, -0.25) is 14.2 Å². The number of para-hydroxylation sites is 1. The average Bonchev–Trinajstić information content (AvgIpc) is 3.03. The Bertz CT molecular complexity index is 1290. The second-order valence-electron chi connectivity index (χ2n) is 11.5. The number of fused-ring (bicyclic) bond motifs is 1. The van der Waals surface area contributed by atoms with Crippen molar-refractivity contribution in [2.75, 3.05) is 27.4 Å². The molecule has 0 N–H and O–H groups in total. The van der Waals surface area contributed by atoms with Crippen molar-refractivity contribution in [3.63, 3.8) is 0 Å². The number of rotatable bonds is 21. The van der Waals surface area contributed by atoms with Gasteiger partial charge in [0.25, 0.3) is 5.56 Å². The van der Waals surface area contributed by atoms with Crippen molar-refractivity contribution in [3.05, 3.63) is 64.7 Å². The molecule has 43 heavy (non-hydrogen) atoms. The Hall–Kier alpha value is -3.19. The molecule has 0 fully saturated rings. The quantitative estimate of drug-likeness (QED) is 0.116. The summed E-state index contributed by atoms with van der Waals surface area (Å²) in [6, 6.07) is 14.5. The lowest BCUT2D eigenvalue weighted by atomic mass is 10.0. The van der Waals surface area contributed by atoms with Crippen LogP contribution in [0.2, 0.25) is 0 Å². The molecule has 3 rings (SSSR count). The SMILES string of the molecule is CCCCCCCCCCCCCC(=O)N(CCCOC)C(CC)c1nc2ccccc2c(=O)n1-c1ccc(OC)cc1. The summed E-state index contributed by atoms with van der Waals surface area (Å²) in [5.41, 5.74) is 1.20. The first-order chi connectivity index (χ1) is 21.0. The summed E-state index contributed by atoms with van der Waals surface area (Å²) >= 11 is 0. The monoisotopic (exact) mass is 591 g/mol. The highest BCUT2D eigenvalue weighted by Crippen LogP contribution is 2.28. The van der Waals surface area contributed by atoms with E-state index in [4.69, 9.17) is 14.5 Å². The van der Waals surface area contributed by atoms with Gasteiger partial charge >= 0.3 is 0 Å². The maximum Gasteiger partial charge on any atom is 0.266 e. The Kier molecular flexibility index (Phi) is 15.3. The first kappa shape index (κ1) is 34.3. The molecule has 0 spiro atoms. The number of carbonyl (C=O) groups excluding carboxylic acids is 1. The van der Waals surface area contributed by atoms with Crippen molar-refractivity contribution >= 4 is 16.8 Å². The van der Waals surface area contributed by atoms with Gasteiger partial charge in [-0.1, -0.05) is 90.2 Å². The minimum atomic E-state index is -0.350. The summed E-state index contributed by atoms with van der Waals surface area (Å²) in [7, 11) is 3.30. The van der Waals surface area contributed by atoms with E-state index in [1.807, 2.05) is 53.4 Å². The molecule has 0 saturated heterocycles. The fourth-order valence-corrected chi connectivity index (χ4v) is 5.81. The van der Waals surface area contributed by atoms with Crippen LogP contribution in [0, 0.1) is 0 Å². The minimum Gasteiger partial charge on any atom is -0.497 e. The molecule has 0 radical (unpaired) electrons. The highest BCUT2D eigenvalue weighted by molar-refractivity contribution is 5.79. The maximum atomic E-state index is 13.9. The summed E-state index contributed by atoms with van der Waals surface area (Å²) in [5.74, 6) is 1.41. The predicted octanol–water partition coefficient (Wildman–Crippen LogP) is 8.41. The number of hydrogen-bond donors (Lipinski definition) is 0. The number of methoxy groups -OCH3 is 2. The van der Waals surface area contributed by atoms with E-state index in [0.29, 0.717) is 54.2 Å². The van der Waals surface area contributed by atoms with E-state index in [1.165, 1.54) is 57.8 Å². The molecule has 7 heteroatoms. The van der Waals surface area contributed by atoms with Gasteiger partial charge < -0.3 is 14.4 Å². The first-order valence-corrected chi connectivity index (χ1v) is 16.5. The van der Waals surface area contributed by atoms with Gasteiger partial charge in [0.15, 0.2) is 0 Å². The molecule has 1 heterocycles. The number of benzene rings is 2. The van der Waals surface area contributed by atoms with Crippen molar-refractivity contribution in [2.24, 2.45) is 0 Å². The standard InChI is InChI=1S/C36H53N3O4/c1-5-7-8-9-10-11-12-13-14-15-16-22-34(40)38(27-19-28-42-3)33(6-2)35-37-32-21-18-17-20-31(32)36(41)39(35)29-23-25-30(43-4)26-24-29/h17-18,20-21,23-26,33H,5-16,19,22,27-28H2,1-4H3. The Labute approximate surface area is 258 Å². The number of ether oxygens (including phenoxy) is 2. The second kappa shape index (κ2) is 19.2. The van der Waals surface area contributed by atoms with Crippen LogP contribution in [0.5, 0.6) is 5.75 Å². The maximum absolute atomic E-state index is 13.9. The van der Waals surface area contributed by atoms with E-state index in [9.17, 15) is 9.59 Å². The predicted molar refractivity (Wildman–Crippen MR) is 176 cm³/mol. The van der Waals surface area contributed by atoms with Gasteiger partial charge in [-0.25, -0.2) is 4.98 Å². The van der Waals surface area contributed by atoms with Crippen molar-refractivity contribution in [1.29, 1.82) is 0 Å². The number of unbranched alkanes of at least 4 members (excludes halogenated alkanes) is 10. The van der Waals surface area contributed by atoms with E-state index in [2.05, 4.69) is 13.8 Å². The fraction of sp³-hybridized carbons (Fsp3) is 0.583. The lowest BCUT2D eigenvalue weighted by molar-refractivity contribution is -0.134. The normalized spacial score (nSPS) is 12.0. The molecule has 1 atom stereocenters. The summed E-state index contributed by atoms with van der Waals surface area (Å²) in [5, 5.41) is 0.551. The smallest absolute Gasteiger partial charge is 0.266 e. The molecule has 7 nitrogen and oxygen atoms in total. The first-order valence-electron chi connectivity index (χ1n) is 16.5. The van der Waals surface area contributed by atoms with Crippen LogP contribution < -0.4 is 10.3 Å². The molecule has 0 saturated carbocycles. The highest BCUT2D eigenvalue weighted by Gasteiger charge is 2.28. The molecule has 1 amide bonds. The van der Waals surface area contributed by atoms with E-state index < -0.39 is 0 Å². The third-order valence-corrected chi connectivity index (χ3v) is 8.26. The number of aromatic nitrogens is 2. The number of nitrogens with zero attached hydrogens (tertiary/aromatic N) is 3. The summed E-state index contributed by atoms with van der Waals surface area (Å²) in [6.45, 7) is 5.43. The largest absolute Gasteiger partial charge is 0.497 e. The lowest BCUT2D eigenvalue weighted by Gasteiger charge is -2.32. The van der Waals surface area contributed by atoms with Crippen molar-refractivity contribution in [1.82, 2.24) is 14.5 Å². The zero-order chi connectivity index (χ0) is 30.9. The number of amides is 1. The van der Waals surface area contributed by atoms with Crippen LogP contribution in [0.4, 0.5) is 0 Å². The zero-order valence-electron chi connectivity index (χ0n) is 27.0. The van der Waals surface area contributed by atoms with Gasteiger partial charge in [-0.15, -0.1) is 0 Å². The Morgan fingerprint density at radius 1 is 0.837 bits per heavy atom. The van der Waals surface area contributed by atoms with Crippen LogP contribution in [0.3, 0.4) is 0 Å². The molecule has 3 aromatic rings. The summed E-state index contributed by atoms with van der Waals surface area (Å²) in [6.07, 6.45) is 15.5. The lowest BCUT2D eigenvalue weighted by Crippen LogP contribution is -2.39. The molecule has 0 aliphatic rings. The highest BCUT2D eigenvalue weighted by atomic mass is 16.5. The van der Waals surface area contributed by atoms with Crippen molar-refractivity contribution in [3.8, 4) is 11.4 Å². The van der Waals surface area contributed by atoms with Gasteiger partial charge in [-0.2, -0.15) is 0 Å². The van der Waals surface area contributed by atoms with Crippen LogP contribution in [0.1, 0.15) is 116 Å². The Balaban J connectivity index is 1.78. The van der Waals surface area contributed by atoms with Gasteiger partial charge in [0.2, 0.25) is 5.91 Å². The Morgan fingerprint density at radius 2 is 1.47 bits per heavy atom. The third kappa shape index (κ3) is 10.2. The molecule has 236 valence electrons. The van der Waals surface area contributed by atoms with E-state index in [1.54, 1.807) is 18.8 Å². The zero-order valence-corrected chi connectivity index (χ0v) is 27.0. The molecular formula is C36H53N3O4. The van der Waals surface area contributed by atoms with E-state index >= 15 is 0 Å². The van der Waals surface area contributed by atoms with Gasteiger partial charge in [0.1, 0.15) is 11.6 Å². The van der Waals surface area contributed by atoms with Crippen LogP contribution >= 0.6 is 0 Å². The number of carbonyl (C=O) groups is 1. The second-order valence-corrected chi connectivity index (χ2v) is 11.5. The van der Waals surface area contributed by atoms with Gasteiger partial charge in [0, 0.05) is 26.7 Å². The molecular weight excluding hydrogens is 538 g/mol. The van der Waals surface area contributed by atoms with Crippen molar-refractivity contribution in [2.45, 2.75) is 110 Å². The van der Waals surface area contributed by atoms with E-state index in [-0.39, 0.29) is 17.5 Å². The molecule has 2 aromatic carbocycles. The van der Waals surface area contributed by atoms with Crippen LogP contribution in [0.15, 0.2) is 53.3 Å². The summed E-state index contributed by atoms with van der Waals surface area (Å²) < 4.78 is 12.4. The summed E-state index contributed by atoms with van der Waals surface area (Å²) in [4.78, 5) is 34.7. The molecule has 1 unspecified atom stereocenters. The fourth-order valence-electron chi connectivity index (χ4n) is 5.81. The molecule has 0 aliphatic heterocycles. The molecule has 0 aliphatic carbocycles. The van der Waals surface area contributed by atoms with Crippen LogP contribution in [-0.2, 0) is 9.53 Å².